The van der Waals surface area contributed by atoms with Crippen molar-refractivity contribution in [3.63, 3.8) is 0 Å². The third-order valence-electron chi connectivity index (χ3n) is 3.61. The normalized spacial score (nSPS) is 35.9. The van der Waals surface area contributed by atoms with Crippen LogP contribution in [-0.4, -0.2) is 53.2 Å². The highest BCUT2D eigenvalue weighted by atomic mass is 16.4. The Morgan fingerprint density at radius 2 is 2.14 bits per heavy atom. The van der Waals surface area contributed by atoms with Crippen LogP contribution < -0.4 is 0 Å². The third kappa shape index (κ3) is 1.91. The molecule has 1 aliphatic rings. The van der Waals surface area contributed by atoms with Gasteiger partial charge in [-0.1, -0.05) is 0 Å². The van der Waals surface area contributed by atoms with E-state index in [0.717, 1.165) is 13.0 Å². The number of rotatable bonds is 2. The summed E-state index contributed by atoms with van der Waals surface area (Å²) in [5, 5.41) is 8.90. The van der Waals surface area contributed by atoms with E-state index in [-0.39, 0.29) is 12.1 Å². The molecule has 0 bridgehead atoms. The molecule has 0 radical (unpaired) electrons. The largest absolute Gasteiger partial charge is 0.481 e. The first-order valence-electron chi connectivity index (χ1n) is 5.04. The predicted molar refractivity (Wildman–Crippen MR) is 55.1 cm³/mol. The summed E-state index contributed by atoms with van der Waals surface area (Å²) in [6.07, 6.45) is 1.27. The van der Waals surface area contributed by atoms with E-state index in [4.69, 9.17) is 5.11 Å². The van der Waals surface area contributed by atoms with Crippen LogP contribution in [0.15, 0.2) is 0 Å². The van der Waals surface area contributed by atoms with E-state index in [9.17, 15) is 4.79 Å². The van der Waals surface area contributed by atoms with Crippen molar-refractivity contribution in [1.29, 1.82) is 0 Å². The summed E-state index contributed by atoms with van der Waals surface area (Å²) >= 11 is 0. The van der Waals surface area contributed by atoms with Crippen LogP contribution >= 0.6 is 0 Å². The molecular weight excluding hydrogens is 180 g/mol. The second-order valence-electron chi connectivity index (χ2n) is 4.46. The minimum absolute atomic E-state index is 0.171. The van der Waals surface area contributed by atoms with E-state index in [0.29, 0.717) is 6.04 Å². The summed E-state index contributed by atoms with van der Waals surface area (Å²) in [5.41, 5.74) is -0.344. The van der Waals surface area contributed by atoms with Crippen molar-refractivity contribution < 1.29 is 9.90 Å². The van der Waals surface area contributed by atoms with Gasteiger partial charge >= 0.3 is 5.97 Å². The van der Waals surface area contributed by atoms with E-state index in [1.807, 2.05) is 21.0 Å². The van der Waals surface area contributed by atoms with Gasteiger partial charge in [-0.3, -0.25) is 14.6 Å². The molecule has 4 nitrogen and oxygen atoms in total. The van der Waals surface area contributed by atoms with Gasteiger partial charge in [0.05, 0.1) is 12.1 Å². The van der Waals surface area contributed by atoms with Crippen molar-refractivity contribution in [3.8, 4) is 0 Å². The fraction of sp³-hybridized carbons (Fsp3) is 0.900. The second-order valence-corrected chi connectivity index (χ2v) is 4.46. The van der Waals surface area contributed by atoms with Gasteiger partial charge in [-0.05, 0) is 34.4 Å². The maximum Gasteiger partial charge on any atom is 0.306 e. The number of hydrogen-bond donors (Lipinski definition) is 1. The fourth-order valence-corrected chi connectivity index (χ4v) is 2.11. The number of carboxylic acid groups (broad SMARTS) is 1. The Balaban J connectivity index is 2.83. The van der Waals surface area contributed by atoms with Crippen LogP contribution in [-0.2, 0) is 4.79 Å². The molecule has 0 aromatic heterocycles. The molecule has 0 amide bonds. The molecule has 4 heteroatoms. The Labute approximate surface area is 85.5 Å². The van der Waals surface area contributed by atoms with Gasteiger partial charge in [0.1, 0.15) is 0 Å². The molecule has 2 atom stereocenters. The van der Waals surface area contributed by atoms with E-state index >= 15 is 0 Å². The van der Waals surface area contributed by atoms with Crippen LogP contribution in [0.2, 0.25) is 0 Å². The molecule has 1 fully saturated rings. The average Bonchev–Trinajstić information content (AvgIpc) is 2.08. The molecule has 2 unspecified atom stereocenters. The molecule has 1 rings (SSSR count). The Morgan fingerprint density at radius 3 is 2.64 bits per heavy atom. The number of hydrogen-bond acceptors (Lipinski definition) is 3. The van der Waals surface area contributed by atoms with Gasteiger partial charge in [0, 0.05) is 12.6 Å². The SMILES string of the molecule is CC1CCN(C)C(C)(CC(=O)O)N1C. The summed E-state index contributed by atoms with van der Waals surface area (Å²) in [4.78, 5) is 15.1. The van der Waals surface area contributed by atoms with E-state index in [2.05, 4.69) is 16.7 Å². The Bertz CT molecular complexity index is 232. The monoisotopic (exact) mass is 200 g/mol. The lowest BCUT2D eigenvalue weighted by Gasteiger charge is -2.51. The van der Waals surface area contributed by atoms with Crippen LogP contribution in [0, 0.1) is 0 Å². The number of nitrogens with zero attached hydrogens (tertiary/aromatic N) is 2. The Hall–Kier alpha value is -0.610. The highest BCUT2D eigenvalue weighted by molar-refractivity contribution is 5.68. The van der Waals surface area contributed by atoms with Crippen molar-refractivity contribution in [2.24, 2.45) is 0 Å². The Morgan fingerprint density at radius 1 is 1.57 bits per heavy atom. The first kappa shape index (κ1) is 11.5. The highest BCUT2D eigenvalue weighted by Crippen LogP contribution is 2.29. The van der Waals surface area contributed by atoms with Crippen molar-refractivity contribution in [3.05, 3.63) is 0 Å². The molecule has 0 aliphatic carbocycles. The minimum Gasteiger partial charge on any atom is -0.481 e. The third-order valence-corrected chi connectivity index (χ3v) is 3.61. The van der Waals surface area contributed by atoms with Gasteiger partial charge < -0.3 is 5.11 Å². The summed E-state index contributed by atoms with van der Waals surface area (Å²) in [6.45, 7) is 5.11. The zero-order chi connectivity index (χ0) is 10.9. The topological polar surface area (TPSA) is 43.8 Å². The summed E-state index contributed by atoms with van der Waals surface area (Å²) in [6, 6.07) is 0.454. The van der Waals surface area contributed by atoms with Crippen molar-refractivity contribution in [2.75, 3.05) is 20.6 Å². The Kier molecular flexibility index (Phi) is 3.17. The fourth-order valence-electron chi connectivity index (χ4n) is 2.11. The molecule has 14 heavy (non-hydrogen) atoms. The predicted octanol–water partition coefficient (Wildman–Crippen LogP) is 0.833. The van der Waals surface area contributed by atoms with Crippen LogP contribution in [0.1, 0.15) is 26.7 Å². The minimum atomic E-state index is -0.736. The molecule has 0 aromatic rings. The first-order valence-corrected chi connectivity index (χ1v) is 5.04. The summed E-state index contributed by atoms with van der Waals surface area (Å²) in [5.74, 6) is -0.736. The maximum absolute atomic E-state index is 10.8. The molecule has 0 spiro atoms. The number of carboxylic acids is 1. The smallest absolute Gasteiger partial charge is 0.306 e. The van der Waals surface area contributed by atoms with Crippen molar-refractivity contribution in [1.82, 2.24) is 9.80 Å². The second kappa shape index (κ2) is 3.87. The number of carbonyl (C=O) groups is 1. The molecule has 1 heterocycles. The molecule has 1 saturated heterocycles. The van der Waals surface area contributed by atoms with Crippen LogP contribution in [0.3, 0.4) is 0 Å². The lowest BCUT2D eigenvalue weighted by Crippen LogP contribution is -2.63. The lowest BCUT2D eigenvalue weighted by atomic mass is 9.97. The standard InChI is InChI=1S/C10H20N2O2/c1-8-5-6-11(3)10(2,12(8)4)7-9(13)14/h8H,5-7H2,1-4H3,(H,13,14). The van der Waals surface area contributed by atoms with Crippen LogP contribution in [0.4, 0.5) is 0 Å². The quantitative estimate of drug-likeness (QED) is 0.717. The van der Waals surface area contributed by atoms with Gasteiger partial charge in [0.2, 0.25) is 0 Å². The van der Waals surface area contributed by atoms with E-state index in [1.54, 1.807) is 0 Å². The zero-order valence-corrected chi connectivity index (χ0v) is 9.45. The van der Waals surface area contributed by atoms with Gasteiger partial charge in [-0.25, -0.2) is 0 Å². The zero-order valence-electron chi connectivity index (χ0n) is 9.45. The van der Waals surface area contributed by atoms with E-state index < -0.39 is 5.97 Å². The molecule has 1 N–H and O–H groups in total. The molecule has 1 aliphatic heterocycles. The van der Waals surface area contributed by atoms with Crippen molar-refractivity contribution in [2.45, 2.75) is 38.4 Å². The molecular formula is C10H20N2O2. The van der Waals surface area contributed by atoms with Gasteiger partial charge in [-0.2, -0.15) is 0 Å². The van der Waals surface area contributed by atoms with Crippen LogP contribution in [0.5, 0.6) is 0 Å². The average molecular weight is 200 g/mol. The highest BCUT2D eigenvalue weighted by Gasteiger charge is 2.41. The first-order chi connectivity index (χ1) is 6.38. The van der Waals surface area contributed by atoms with Gasteiger partial charge in [-0.15, -0.1) is 0 Å². The number of aliphatic carboxylic acids is 1. The maximum atomic E-state index is 10.8. The molecule has 0 saturated carbocycles. The molecule has 0 aromatic carbocycles. The summed E-state index contributed by atoms with van der Waals surface area (Å²) in [7, 11) is 3.99. The van der Waals surface area contributed by atoms with Crippen molar-refractivity contribution >= 4 is 5.97 Å². The van der Waals surface area contributed by atoms with Crippen LogP contribution in [0.25, 0.3) is 0 Å². The van der Waals surface area contributed by atoms with Gasteiger partial charge in [0.15, 0.2) is 0 Å². The van der Waals surface area contributed by atoms with E-state index in [1.165, 1.54) is 0 Å². The molecule has 82 valence electrons. The lowest BCUT2D eigenvalue weighted by molar-refractivity contribution is -0.149. The van der Waals surface area contributed by atoms with Gasteiger partial charge in [0.25, 0.3) is 0 Å². The summed E-state index contributed by atoms with van der Waals surface area (Å²) < 4.78 is 0.